The molecule has 1 aliphatic rings. The number of methoxy groups -OCH3 is 2. The van der Waals surface area contributed by atoms with Crippen LogP contribution in [-0.4, -0.2) is 60.5 Å². The van der Waals surface area contributed by atoms with Crippen LogP contribution in [0, 0.1) is 5.92 Å². The van der Waals surface area contributed by atoms with Crippen molar-refractivity contribution in [2.75, 3.05) is 39.1 Å². The second-order valence-corrected chi connectivity index (χ2v) is 11.3. The minimum atomic E-state index is -0.350. The molecule has 1 fully saturated rings. The van der Waals surface area contributed by atoms with Gasteiger partial charge in [0.25, 0.3) is 0 Å². The van der Waals surface area contributed by atoms with Crippen LogP contribution in [0.1, 0.15) is 51.5 Å². The first-order valence-corrected chi connectivity index (χ1v) is 13.3. The lowest BCUT2D eigenvalue weighted by Gasteiger charge is -2.44. The fraction of sp³-hybridized carbons (Fsp3) is 0.750. The smallest absolute Gasteiger partial charge is 0.146 e. The number of hydrogen-bond acceptors (Lipinski definition) is 7. The Labute approximate surface area is 196 Å². The normalized spacial score (nSPS) is 19.0. The highest BCUT2D eigenvalue weighted by atomic mass is 32.2. The quantitative estimate of drug-likeness (QED) is 0.273. The van der Waals surface area contributed by atoms with Crippen LogP contribution in [0.3, 0.4) is 0 Å². The van der Waals surface area contributed by atoms with Crippen molar-refractivity contribution < 1.29 is 24.1 Å². The molecule has 31 heavy (non-hydrogen) atoms. The van der Waals surface area contributed by atoms with E-state index < -0.39 is 0 Å². The lowest BCUT2D eigenvalue weighted by Crippen LogP contribution is -2.45. The topological polar surface area (TPSA) is 57.2 Å². The van der Waals surface area contributed by atoms with Gasteiger partial charge in [-0.2, -0.15) is 0 Å². The molecule has 1 heterocycles. The Morgan fingerprint density at radius 2 is 1.81 bits per heavy atom. The molecule has 1 aliphatic heterocycles. The zero-order chi connectivity index (χ0) is 22.5. The highest BCUT2D eigenvalue weighted by Gasteiger charge is 2.44. The zero-order valence-electron chi connectivity index (χ0n) is 19.5. The first-order chi connectivity index (χ1) is 15.0. The van der Waals surface area contributed by atoms with Gasteiger partial charge in [0.1, 0.15) is 12.5 Å². The fourth-order valence-electron chi connectivity index (χ4n) is 3.90. The Bertz CT molecular complexity index is 592. The van der Waals surface area contributed by atoms with Crippen LogP contribution in [0.2, 0.25) is 0 Å². The van der Waals surface area contributed by atoms with Crippen LogP contribution in [-0.2, 0) is 20.8 Å². The van der Waals surface area contributed by atoms with Gasteiger partial charge < -0.3 is 24.1 Å². The number of ether oxygens (including phenoxy) is 4. The predicted octanol–water partition coefficient (Wildman–Crippen LogP) is 5.34. The zero-order valence-corrected chi connectivity index (χ0v) is 21.1. The molecule has 0 saturated carbocycles. The molecule has 1 aromatic carbocycles. The maximum absolute atomic E-state index is 11.3. The lowest BCUT2D eigenvalue weighted by atomic mass is 9.93. The molecule has 5 nitrogen and oxygen atoms in total. The Hall–Kier alpha value is -0.440. The number of benzene rings is 1. The summed E-state index contributed by atoms with van der Waals surface area (Å²) in [6, 6.07) is 7.94. The van der Waals surface area contributed by atoms with E-state index in [0.29, 0.717) is 13.2 Å². The van der Waals surface area contributed by atoms with Crippen LogP contribution >= 0.6 is 23.5 Å². The first kappa shape index (κ1) is 26.8. The highest BCUT2D eigenvalue weighted by Crippen LogP contribution is 2.50. The van der Waals surface area contributed by atoms with E-state index in [1.54, 1.807) is 14.2 Å². The van der Waals surface area contributed by atoms with E-state index in [9.17, 15) is 5.11 Å². The van der Waals surface area contributed by atoms with E-state index >= 15 is 0 Å². The third-order valence-corrected chi connectivity index (χ3v) is 9.15. The minimum absolute atomic E-state index is 0.0163. The Morgan fingerprint density at radius 1 is 1.10 bits per heavy atom. The molecule has 7 heteroatoms. The third kappa shape index (κ3) is 8.78. The number of aliphatic hydroxyl groups excluding tert-OH is 1. The van der Waals surface area contributed by atoms with Crippen molar-refractivity contribution in [2.45, 2.75) is 68.8 Å². The van der Waals surface area contributed by atoms with E-state index in [4.69, 9.17) is 18.9 Å². The van der Waals surface area contributed by atoms with Crippen molar-refractivity contribution in [1.29, 1.82) is 0 Å². The molecule has 3 atom stereocenters. The summed E-state index contributed by atoms with van der Waals surface area (Å²) in [4.78, 5) is 0. The Morgan fingerprint density at radius 3 is 2.42 bits per heavy atom. The Kier molecular flexibility index (Phi) is 12.7. The summed E-state index contributed by atoms with van der Waals surface area (Å²) in [5.41, 5.74) is 1.12. The number of aliphatic hydroxyl groups is 1. The van der Waals surface area contributed by atoms with Crippen molar-refractivity contribution in [2.24, 2.45) is 5.92 Å². The SMILES string of the molecule is CCCC(C)C(O)C1(C[C@H](CCOCc2ccc(OC)cc2)OCOC)SCCCS1. The van der Waals surface area contributed by atoms with Crippen LogP contribution in [0.4, 0.5) is 0 Å². The molecule has 1 aromatic rings. The molecule has 0 amide bonds. The van der Waals surface area contributed by atoms with E-state index in [2.05, 4.69) is 13.8 Å². The molecule has 0 radical (unpaired) electrons. The van der Waals surface area contributed by atoms with Crippen molar-refractivity contribution in [3.63, 3.8) is 0 Å². The summed E-state index contributed by atoms with van der Waals surface area (Å²) in [6.07, 6.45) is 4.53. The van der Waals surface area contributed by atoms with Gasteiger partial charge in [0.05, 0.1) is 30.0 Å². The van der Waals surface area contributed by atoms with Crippen molar-refractivity contribution in [3.8, 4) is 5.75 Å². The van der Waals surface area contributed by atoms with Gasteiger partial charge in [0.15, 0.2) is 0 Å². The predicted molar refractivity (Wildman–Crippen MR) is 131 cm³/mol. The van der Waals surface area contributed by atoms with Crippen LogP contribution in [0.15, 0.2) is 24.3 Å². The average molecular weight is 473 g/mol. The first-order valence-electron chi connectivity index (χ1n) is 11.3. The highest BCUT2D eigenvalue weighted by molar-refractivity contribution is 8.18. The molecule has 178 valence electrons. The lowest BCUT2D eigenvalue weighted by molar-refractivity contribution is -0.0874. The molecule has 1 saturated heterocycles. The summed E-state index contributed by atoms with van der Waals surface area (Å²) in [5, 5.41) is 11.3. The van der Waals surface area contributed by atoms with Crippen LogP contribution in [0.5, 0.6) is 5.75 Å². The second kappa shape index (κ2) is 14.7. The molecule has 1 N–H and O–H groups in total. The van der Waals surface area contributed by atoms with Crippen molar-refractivity contribution in [1.82, 2.24) is 0 Å². The van der Waals surface area contributed by atoms with Crippen LogP contribution in [0.25, 0.3) is 0 Å². The maximum Gasteiger partial charge on any atom is 0.146 e. The van der Waals surface area contributed by atoms with E-state index in [-0.39, 0.29) is 29.0 Å². The van der Waals surface area contributed by atoms with E-state index in [1.807, 2.05) is 47.8 Å². The molecular weight excluding hydrogens is 432 g/mol. The molecule has 0 aliphatic carbocycles. The number of hydrogen-bond donors (Lipinski definition) is 1. The number of thioether (sulfide) groups is 2. The molecule has 0 bridgehead atoms. The van der Waals surface area contributed by atoms with E-state index in [1.165, 1.54) is 6.42 Å². The monoisotopic (exact) mass is 472 g/mol. The standard InChI is InChI=1S/C24H40O5S2/c1-5-7-19(2)23(25)24(30-14-6-15-31-24)16-22(29-18-26-3)12-13-28-17-20-8-10-21(27-4)11-9-20/h8-11,19,22-23,25H,5-7,12-18H2,1-4H3/t19?,22-,23?/m0/s1. The second-order valence-electron chi connectivity index (χ2n) is 8.16. The van der Waals surface area contributed by atoms with Crippen molar-refractivity contribution in [3.05, 3.63) is 29.8 Å². The van der Waals surface area contributed by atoms with Gasteiger partial charge in [0.2, 0.25) is 0 Å². The molecule has 2 unspecified atom stereocenters. The van der Waals surface area contributed by atoms with Gasteiger partial charge in [0, 0.05) is 20.1 Å². The van der Waals surface area contributed by atoms with Gasteiger partial charge in [-0.25, -0.2) is 0 Å². The molecular formula is C24H40O5S2. The number of rotatable bonds is 15. The fourth-order valence-corrected chi connectivity index (χ4v) is 7.60. The van der Waals surface area contributed by atoms with Crippen molar-refractivity contribution >= 4 is 23.5 Å². The van der Waals surface area contributed by atoms with E-state index in [0.717, 1.165) is 48.5 Å². The largest absolute Gasteiger partial charge is 0.497 e. The van der Waals surface area contributed by atoms with Gasteiger partial charge in [-0.15, -0.1) is 23.5 Å². The van der Waals surface area contributed by atoms with Gasteiger partial charge in [-0.05, 0) is 54.4 Å². The summed E-state index contributed by atoms with van der Waals surface area (Å²) < 4.78 is 22.1. The molecule has 2 rings (SSSR count). The summed E-state index contributed by atoms with van der Waals surface area (Å²) in [5.74, 6) is 3.31. The summed E-state index contributed by atoms with van der Waals surface area (Å²) in [6.45, 7) is 5.78. The third-order valence-electron chi connectivity index (χ3n) is 5.66. The summed E-state index contributed by atoms with van der Waals surface area (Å²) in [7, 11) is 3.32. The van der Waals surface area contributed by atoms with Crippen LogP contribution < -0.4 is 4.74 Å². The van der Waals surface area contributed by atoms with Gasteiger partial charge in [-0.3, -0.25) is 0 Å². The minimum Gasteiger partial charge on any atom is -0.497 e. The summed E-state index contributed by atoms with van der Waals surface area (Å²) >= 11 is 3.83. The molecule has 0 aromatic heterocycles. The van der Waals surface area contributed by atoms with Gasteiger partial charge in [-0.1, -0.05) is 32.4 Å². The Balaban J connectivity index is 1.94. The average Bonchev–Trinajstić information content (AvgIpc) is 2.80. The molecule has 0 spiro atoms. The van der Waals surface area contributed by atoms with Gasteiger partial charge >= 0.3 is 0 Å². The maximum atomic E-state index is 11.3.